The zero-order chi connectivity index (χ0) is 19.4. The molecule has 1 fully saturated rings. The molecule has 140 valence electrons. The van der Waals surface area contributed by atoms with Crippen molar-refractivity contribution in [2.75, 3.05) is 6.61 Å². The molecule has 7 nitrogen and oxygen atoms in total. The van der Waals surface area contributed by atoms with Gasteiger partial charge in [-0.2, -0.15) is 0 Å². The molecule has 1 saturated heterocycles. The third kappa shape index (κ3) is 3.98. The van der Waals surface area contributed by atoms with Crippen LogP contribution in [-0.4, -0.2) is 47.4 Å². The average Bonchev–Trinajstić information content (AvgIpc) is 2.90. The number of hydrogen-bond donors (Lipinski definition) is 1. The Morgan fingerprint density at radius 3 is 2.07 bits per heavy atom. The molecule has 1 heterocycles. The monoisotopic (exact) mass is 370 g/mol. The van der Waals surface area contributed by atoms with Gasteiger partial charge < -0.3 is 19.3 Å². The molecule has 27 heavy (non-hydrogen) atoms. The number of ether oxygens (including phenoxy) is 3. The summed E-state index contributed by atoms with van der Waals surface area (Å²) in [4.78, 5) is 36.3. The lowest BCUT2D eigenvalue weighted by atomic mass is 9.98. The molecule has 2 aromatic carbocycles. The predicted octanol–water partition coefficient (Wildman–Crippen LogP) is 1.75. The molecule has 0 aliphatic carbocycles. The summed E-state index contributed by atoms with van der Waals surface area (Å²) in [5.41, 5.74) is -1.46. The molecule has 0 aromatic heterocycles. The highest BCUT2D eigenvalue weighted by atomic mass is 16.6. The summed E-state index contributed by atoms with van der Waals surface area (Å²) >= 11 is 0. The number of benzene rings is 2. The lowest BCUT2D eigenvalue weighted by Gasteiger charge is -2.24. The van der Waals surface area contributed by atoms with Crippen molar-refractivity contribution in [3.05, 3.63) is 71.8 Å². The number of hydrogen-bond acceptors (Lipinski definition) is 7. The highest BCUT2D eigenvalue weighted by molar-refractivity contribution is 5.91. The number of rotatable bonds is 5. The summed E-state index contributed by atoms with van der Waals surface area (Å²) in [6.45, 7) is 0.833. The van der Waals surface area contributed by atoms with Crippen molar-refractivity contribution in [3.63, 3.8) is 0 Å². The van der Waals surface area contributed by atoms with Crippen LogP contribution in [0.3, 0.4) is 0 Å². The molecule has 2 aromatic rings. The zero-order valence-corrected chi connectivity index (χ0v) is 14.5. The molecule has 7 heteroatoms. The van der Waals surface area contributed by atoms with Gasteiger partial charge in [-0.1, -0.05) is 36.4 Å². The largest absolute Gasteiger partial charge is 0.458 e. The van der Waals surface area contributed by atoms with Crippen LogP contribution < -0.4 is 0 Å². The predicted molar refractivity (Wildman–Crippen MR) is 92.9 cm³/mol. The fourth-order valence-electron chi connectivity index (χ4n) is 2.68. The fourth-order valence-corrected chi connectivity index (χ4v) is 2.68. The van der Waals surface area contributed by atoms with E-state index in [0.29, 0.717) is 5.56 Å². The van der Waals surface area contributed by atoms with Gasteiger partial charge in [0.1, 0.15) is 6.61 Å². The molecule has 0 saturated carbocycles. The first-order valence-electron chi connectivity index (χ1n) is 8.31. The number of aliphatic hydroxyl groups is 1. The van der Waals surface area contributed by atoms with Crippen LogP contribution in [0.15, 0.2) is 60.7 Å². The van der Waals surface area contributed by atoms with Crippen LogP contribution in [0.2, 0.25) is 0 Å². The minimum Gasteiger partial charge on any atom is -0.458 e. The molecule has 0 bridgehead atoms. The van der Waals surface area contributed by atoms with Gasteiger partial charge in [0.2, 0.25) is 0 Å². The topological polar surface area (TPSA) is 99.1 Å². The summed E-state index contributed by atoms with van der Waals surface area (Å²) < 4.78 is 15.5. The molecule has 1 aliphatic heterocycles. The Balaban J connectivity index is 1.70. The summed E-state index contributed by atoms with van der Waals surface area (Å²) in [5.74, 6) is -2.29. The van der Waals surface area contributed by atoms with Crippen LogP contribution in [0.5, 0.6) is 0 Å². The van der Waals surface area contributed by atoms with Crippen LogP contribution in [0, 0.1) is 0 Å². The van der Waals surface area contributed by atoms with Gasteiger partial charge in [-0.05, 0) is 31.2 Å². The van der Waals surface area contributed by atoms with E-state index >= 15 is 0 Å². The van der Waals surface area contributed by atoms with Gasteiger partial charge in [0.15, 0.2) is 17.8 Å². The average molecular weight is 370 g/mol. The van der Waals surface area contributed by atoms with Crippen molar-refractivity contribution in [1.29, 1.82) is 0 Å². The zero-order valence-electron chi connectivity index (χ0n) is 14.5. The van der Waals surface area contributed by atoms with Crippen molar-refractivity contribution < 1.29 is 33.7 Å². The minimum absolute atomic E-state index is 0.257. The van der Waals surface area contributed by atoms with E-state index in [4.69, 9.17) is 14.2 Å². The molecule has 0 spiro atoms. The Bertz CT molecular complexity index is 830. The van der Waals surface area contributed by atoms with E-state index in [9.17, 15) is 19.5 Å². The van der Waals surface area contributed by atoms with Crippen LogP contribution in [-0.2, 0) is 19.0 Å². The van der Waals surface area contributed by atoms with Crippen molar-refractivity contribution in [3.8, 4) is 0 Å². The van der Waals surface area contributed by atoms with E-state index in [1.807, 2.05) is 0 Å². The Morgan fingerprint density at radius 2 is 1.52 bits per heavy atom. The van der Waals surface area contributed by atoms with Crippen molar-refractivity contribution in [2.24, 2.45) is 0 Å². The number of carbonyl (C=O) groups excluding carboxylic acids is 3. The second-order valence-corrected chi connectivity index (χ2v) is 6.25. The minimum atomic E-state index is -2.05. The van der Waals surface area contributed by atoms with Gasteiger partial charge in [0, 0.05) is 0 Å². The van der Waals surface area contributed by atoms with Gasteiger partial charge in [-0.15, -0.1) is 0 Å². The van der Waals surface area contributed by atoms with Crippen molar-refractivity contribution >= 4 is 17.9 Å². The van der Waals surface area contributed by atoms with E-state index in [0.717, 1.165) is 0 Å². The third-order valence-electron chi connectivity index (χ3n) is 4.20. The standard InChI is InChI=1S/C20H18O7/c1-20(24)16(27-18(22)14-10-6-3-7-11-14)15(26-19(20)23)12-25-17(21)13-8-4-2-5-9-13/h2-11,15-16,24H,12H2,1H3/t15-,16?,20-/m1/s1. The number of esters is 3. The number of cyclic esters (lactones) is 1. The summed E-state index contributed by atoms with van der Waals surface area (Å²) in [6.07, 6.45) is -2.44. The van der Waals surface area contributed by atoms with Gasteiger partial charge in [0.05, 0.1) is 11.1 Å². The molecule has 3 atom stereocenters. The SMILES string of the molecule is C[C@]1(O)C(=O)O[C@H](COC(=O)c2ccccc2)C1OC(=O)c1ccccc1. The summed E-state index contributed by atoms with van der Waals surface area (Å²) in [6, 6.07) is 16.4. The van der Waals surface area contributed by atoms with Crippen LogP contribution in [0.4, 0.5) is 0 Å². The molecule has 1 N–H and O–H groups in total. The van der Waals surface area contributed by atoms with E-state index < -0.39 is 35.7 Å². The Labute approximate surface area is 155 Å². The molecule has 0 radical (unpaired) electrons. The first kappa shape index (κ1) is 18.6. The normalized spacial score (nSPS) is 24.1. The van der Waals surface area contributed by atoms with Gasteiger partial charge >= 0.3 is 17.9 Å². The fraction of sp³-hybridized carbons (Fsp3) is 0.250. The van der Waals surface area contributed by atoms with Gasteiger partial charge in [0.25, 0.3) is 0 Å². The molecule has 1 unspecified atom stereocenters. The summed E-state index contributed by atoms with van der Waals surface area (Å²) in [7, 11) is 0. The van der Waals surface area contributed by atoms with E-state index in [-0.39, 0.29) is 12.2 Å². The third-order valence-corrected chi connectivity index (χ3v) is 4.20. The smallest absolute Gasteiger partial charge is 0.342 e. The van der Waals surface area contributed by atoms with E-state index in [2.05, 4.69) is 0 Å². The summed E-state index contributed by atoms with van der Waals surface area (Å²) in [5, 5.41) is 10.4. The Morgan fingerprint density at radius 1 is 1.00 bits per heavy atom. The lowest BCUT2D eigenvalue weighted by Crippen LogP contribution is -2.47. The quantitative estimate of drug-likeness (QED) is 0.632. The van der Waals surface area contributed by atoms with Gasteiger partial charge in [-0.25, -0.2) is 14.4 Å². The first-order chi connectivity index (χ1) is 12.9. The molecule has 3 rings (SSSR count). The molecule has 0 amide bonds. The maximum Gasteiger partial charge on any atom is 0.342 e. The molecular weight excluding hydrogens is 352 g/mol. The first-order valence-corrected chi connectivity index (χ1v) is 8.31. The maximum absolute atomic E-state index is 12.3. The maximum atomic E-state index is 12.3. The number of carbonyl (C=O) groups is 3. The second-order valence-electron chi connectivity index (χ2n) is 6.25. The van der Waals surface area contributed by atoms with E-state index in [1.165, 1.54) is 6.92 Å². The highest BCUT2D eigenvalue weighted by Gasteiger charge is 2.56. The van der Waals surface area contributed by atoms with Crippen LogP contribution in [0.25, 0.3) is 0 Å². The van der Waals surface area contributed by atoms with E-state index in [1.54, 1.807) is 60.7 Å². The van der Waals surface area contributed by atoms with Crippen LogP contribution in [0.1, 0.15) is 27.6 Å². The van der Waals surface area contributed by atoms with Crippen LogP contribution >= 0.6 is 0 Å². The molecule has 1 aliphatic rings. The lowest BCUT2D eigenvalue weighted by molar-refractivity contribution is -0.155. The van der Waals surface area contributed by atoms with Crippen molar-refractivity contribution in [1.82, 2.24) is 0 Å². The highest BCUT2D eigenvalue weighted by Crippen LogP contribution is 2.30. The second kappa shape index (κ2) is 7.59. The molecular formula is C20H18O7. The van der Waals surface area contributed by atoms with Crippen molar-refractivity contribution in [2.45, 2.75) is 24.7 Å². The Hall–Kier alpha value is -3.19. The Kier molecular flexibility index (Phi) is 5.23. The van der Waals surface area contributed by atoms with Gasteiger partial charge in [-0.3, -0.25) is 0 Å².